The van der Waals surface area contributed by atoms with Gasteiger partial charge in [0.15, 0.2) is 0 Å². The van der Waals surface area contributed by atoms with Crippen molar-refractivity contribution in [1.82, 2.24) is 24.4 Å². The van der Waals surface area contributed by atoms with Gasteiger partial charge in [0.05, 0.1) is 11.1 Å². The van der Waals surface area contributed by atoms with Gasteiger partial charge in [-0.25, -0.2) is 15.0 Å². The van der Waals surface area contributed by atoms with Gasteiger partial charge in [-0.15, -0.1) is 6.42 Å². The minimum Gasteiger partial charge on any atom is -0.383 e. The predicted molar refractivity (Wildman–Crippen MR) is 137 cm³/mol. The number of amides is 1. The van der Waals surface area contributed by atoms with Crippen molar-refractivity contribution in [3.8, 4) is 23.6 Å². The molecule has 4 heterocycles. The summed E-state index contributed by atoms with van der Waals surface area (Å²) in [7, 11) is 2.00. The molecule has 0 radical (unpaired) electrons. The number of hydrogen-bond donors (Lipinski definition) is 1. The molecular formula is C28H30N6O. The van der Waals surface area contributed by atoms with E-state index in [0.717, 1.165) is 65.6 Å². The number of nitrogen functional groups attached to an aromatic ring is 1. The van der Waals surface area contributed by atoms with Gasteiger partial charge >= 0.3 is 0 Å². The third kappa shape index (κ3) is 3.35. The second-order valence-electron chi connectivity index (χ2n) is 10.3. The molecule has 3 aliphatic rings. The average molecular weight is 467 g/mol. The summed E-state index contributed by atoms with van der Waals surface area (Å²) in [6, 6.07) is 1.93. The van der Waals surface area contributed by atoms with Crippen LogP contribution in [0.25, 0.3) is 27.9 Å². The molecule has 2 aliphatic carbocycles. The van der Waals surface area contributed by atoms with Gasteiger partial charge in [-0.3, -0.25) is 4.79 Å². The van der Waals surface area contributed by atoms with Crippen LogP contribution in [0.1, 0.15) is 61.8 Å². The molecule has 1 amide bonds. The number of pyridine rings is 1. The smallest absolute Gasteiger partial charge is 0.226 e. The number of rotatable bonds is 3. The van der Waals surface area contributed by atoms with Gasteiger partial charge in [0.2, 0.25) is 5.91 Å². The summed E-state index contributed by atoms with van der Waals surface area (Å²) in [6.45, 7) is 2.97. The lowest BCUT2D eigenvalue weighted by molar-refractivity contribution is -0.137. The van der Waals surface area contributed by atoms with E-state index in [4.69, 9.17) is 12.2 Å². The number of aryl methyl sites for hydroxylation is 2. The molecule has 7 nitrogen and oxygen atoms in total. The molecule has 3 aromatic rings. The van der Waals surface area contributed by atoms with Crippen molar-refractivity contribution in [3.63, 3.8) is 0 Å². The number of terminal acetylenes is 1. The van der Waals surface area contributed by atoms with Crippen LogP contribution in [-0.2, 0) is 11.8 Å². The van der Waals surface area contributed by atoms with Crippen molar-refractivity contribution < 1.29 is 4.79 Å². The van der Waals surface area contributed by atoms with E-state index >= 15 is 0 Å². The van der Waals surface area contributed by atoms with E-state index in [0.29, 0.717) is 17.4 Å². The van der Waals surface area contributed by atoms with Gasteiger partial charge < -0.3 is 15.2 Å². The highest BCUT2D eigenvalue weighted by atomic mass is 16.2. The lowest BCUT2D eigenvalue weighted by Crippen LogP contribution is -2.41. The first-order chi connectivity index (χ1) is 16.9. The number of nitrogens with zero attached hydrogens (tertiary/aromatic N) is 5. The standard InChI is InChI=1S/C28H30N6O/c1-4-20-14-17(2)21(15-30-20)24-22(23-25(29)31-16-32-26(23)33(24)3)18-6-8-19(9-7-18)27(35)34-13-5-10-28(34)11-12-28/h1,6,14-16,19H,5,7-13H2,2-3H3,(H2,29,31,32)/t19-/m1/s1. The van der Waals surface area contributed by atoms with E-state index in [-0.39, 0.29) is 11.5 Å². The first kappa shape index (κ1) is 21.8. The summed E-state index contributed by atoms with van der Waals surface area (Å²) in [5.74, 6) is 3.48. The molecule has 178 valence electrons. The molecular weight excluding hydrogens is 436 g/mol. The largest absolute Gasteiger partial charge is 0.383 e. The molecule has 1 saturated carbocycles. The van der Waals surface area contributed by atoms with Crippen LogP contribution in [0.3, 0.4) is 0 Å². The van der Waals surface area contributed by atoms with Crippen molar-refractivity contribution in [2.24, 2.45) is 13.0 Å². The summed E-state index contributed by atoms with van der Waals surface area (Å²) in [4.78, 5) is 28.9. The number of nitrogens with two attached hydrogens (primary N) is 1. The summed E-state index contributed by atoms with van der Waals surface area (Å²) in [5.41, 5.74) is 13.3. The molecule has 2 fully saturated rings. The number of aromatic nitrogens is 4. The van der Waals surface area contributed by atoms with E-state index < -0.39 is 0 Å². The number of likely N-dealkylation sites (tertiary alicyclic amines) is 1. The lowest BCUT2D eigenvalue weighted by Gasteiger charge is -2.30. The van der Waals surface area contributed by atoms with E-state index in [1.807, 2.05) is 26.2 Å². The Kier molecular flexibility index (Phi) is 4.96. The molecule has 3 aromatic heterocycles. The summed E-state index contributed by atoms with van der Waals surface area (Å²) >= 11 is 0. The number of hydrogen-bond acceptors (Lipinski definition) is 5. The summed E-state index contributed by atoms with van der Waals surface area (Å²) in [5, 5.41) is 0.859. The molecule has 0 bridgehead atoms. The minimum absolute atomic E-state index is 0.0552. The van der Waals surface area contributed by atoms with E-state index in [1.54, 1.807) is 0 Å². The molecule has 7 heteroatoms. The van der Waals surface area contributed by atoms with Crippen molar-refractivity contribution in [1.29, 1.82) is 0 Å². The van der Waals surface area contributed by atoms with Crippen LogP contribution in [0, 0.1) is 25.2 Å². The minimum atomic E-state index is 0.0552. The second-order valence-corrected chi connectivity index (χ2v) is 10.3. The topological polar surface area (TPSA) is 89.9 Å². The van der Waals surface area contributed by atoms with Crippen LogP contribution in [-0.4, -0.2) is 42.4 Å². The Morgan fingerprint density at radius 3 is 2.77 bits per heavy atom. The molecule has 35 heavy (non-hydrogen) atoms. The quantitative estimate of drug-likeness (QED) is 0.583. The van der Waals surface area contributed by atoms with Crippen molar-refractivity contribution >= 4 is 28.3 Å². The summed E-state index contributed by atoms with van der Waals surface area (Å²) < 4.78 is 2.07. The zero-order chi connectivity index (χ0) is 24.3. The van der Waals surface area contributed by atoms with Crippen LogP contribution >= 0.6 is 0 Å². The van der Waals surface area contributed by atoms with Crippen molar-refractivity contribution in [2.45, 2.75) is 57.4 Å². The number of carbonyl (C=O) groups is 1. The Morgan fingerprint density at radius 2 is 2.09 bits per heavy atom. The van der Waals surface area contributed by atoms with Gasteiger partial charge in [-0.05, 0) is 69.1 Å². The predicted octanol–water partition coefficient (Wildman–Crippen LogP) is 4.24. The van der Waals surface area contributed by atoms with Gasteiger partial charge in [0.1, 0.15) is 23.5 Å². The third-order valence-corrected chi connectivity index (χ3v) is 8.28. The van der Waals surface area contributed by atoms with Crippen LogP contribution < -0.4 is 5.73 Å². The highest BCUT2D eigenvalue weighted by molar-refractivity contribution is 6.04. The molecule has 2 N–H and O–H groups in total. The van der Waals surface area contributed by atoms with Crippen LogP contribution in [0.15, 0.2) is 24.7 Å². The maximum Gasteiger partial charge on any atom is 0.226 e. The zero-order valence-electron chi connectivity index (χ0n) is 20.3. The Morgan fingerprint density at radius 1 is 1.26 bits per heavy atom. The molecule has 1 spiro atoms. The normalized spacial score (nSPS) is 20.8. The molecule has 1 aliphatic heterocycles. The molecule has 0 unspecified atom stereocenters. The van der Waals surface area contributed by atoms with Gasteiger partial charge in [0.25, 0.3) is 0 Å². The fraction of sp³-hybridized carbons (Fsp3) is 0.429. The monoisotopic (exact) mass is 466 g/mol. The van der Waals surface area contributed by atoms with Gasteiger partial charge in [-0.1, -0.05) is 12.0 Å². The highest BCUT2D eigenvalue weighted by Crippen LogP contribution is 2.51. The van der Waals surface area contributed by atoms with E-state index in [9.17, 15) is 4.79 Å². The first-order valence-electron chi connectivity index (χ1n) is 12.5. The number of carbonyl (C=O) groups excluding carboxylic acids is 1. The Bertz CT molecular complexity index is 1440. The van der Waals surface area contributed by atoms with Gasteiger partial charge in [0, 0.05) is 42.4 Å². The van der Waals surface area contributed by atoms with Gasteiger partial charge in [-0.2, -0.15) is 0 Å². The molecule has 1 atom stereocenters. The zero-order valence-corrected chi connectivity index (χ0v) is 20.3. The maximum atomic E-state index is 13.4. The van der Waals surface area contributed by atoms with Crippen molar-refractivity contribution in [2.75, 3.05) is 12.3 Å². The SMILES string of the molecule is C#Cc1cc(C)c(-c2c(C3=CC[C@@H](C(=O)N4CCCC45CC5)CC3)c3c(N)ncnc3n2C)cn1. The summed E-state index contributed by atoms with van der Waals surface area (Å²) in [6.07, 6.45) is 18.2. The number of allylic oxidation sites excluding steroid dienone is 2. The van der Waals surface area contributed by atoms with Crippen LogP contribution in [0.2, 0.25) is 0 Å². The Labute approximate surface area is 205 Å². The Hall–Kier alpha value is -3.66. The van der Waals surface area contributed by atoms with Crippen molar-refractivity contribution in [3.05, 3.63) is 41.5 Å². The van der Waals surface area contributed by atoms with Crippen LogP contribution in [0.5, 0.6) is 0 Å². The maximum absolute atomic E-state index is 13.4. The first-order valence-corrected chi connectivity index (χ1v) is 12.5. The fourth-order valence-corrected chi connectivity index (χ4v) is 6.24. The van der Waals surface area contributed by atoms with E-state index in [1.165, 1.54) is 31.2 Å². The number of fused-ring (bicyclic) bond motifs is 1. The average Bonchev–Trinajstić information content (AvgIpc) is 3.42. The van der Waals surface area contributed by atoms with E-state index in [2.05, 4.69) is 36.4 Å². The highest BCUT2D eigenvalue weighted by Gasteiger charge is 2.53. The molecule has 0 aromatic carbocycles. The lowest BCUT2D eigenvalue weighted by atomic mass is 9.84. The third-order valence-electron chi connectivity index (χ3n) is 8.28. The number of anilines is 1. The fourth-order valence-electron chi connectivity index (χ4n) is 6.24. The Balaban J connectivity index is 1.42. The molecule has 6 rings (SSSR count). The second kappa shape index (κ2) is 7.94. The molecule has 1 saturated heterocycles. The van der Waals surface area contributed by atoms with Crippen LogP contribution in [0.4, 0.5) is 5.82 Å².